The Balaban J connectivity index is 2.06. The minimum Gasteiger partial charge on any atom is -0.338 e. The molecule has 110 valence electrons. The summed E-state index contributed by atoms with van der Waals surface area (Å²) < 4.78 is 13.5. The third-order valence-corrected chi connectivity index (χ3v) is 2.84. The molecule has 2 N–H and O–H groups in total. The first-order valence-electron chi connectivity index (χ1n) is 6.65. The molecule has 5 heteroatoms. The summed E-state index contributed by atoms with van der Waals surface area (Å²) in [5.41, 5.74) is 0.495. The molecule has 0 saturated carbocycles. The number of anilines is 3. The number of hydrogen-bond donors (Lipinski definition) is 2. The van der Waals surface area contributed by atoms with Crippen molar-refractivity contribution in [2.45, 2.75) is 20.8 Å². The van der Waals surface area contributed by atoms with Crippen LogP contribution in [0.3, 0.4) is 0 Å². The van der Waals surface area contributed by atoms with Gasteiger partial charge in [-0.25, -0.2) is 9.37 Å². The quantitative estimate of drug-likeness (QED) is 0.898. The van der Waals surface area contributed by atoms with Gasteiger partial charge in [-0.2, -0.15) is 0 Å². The zero-order chi connectivity index (χ0) is 15.5. The lowest BCUT2D eigenvalue weighted by Gasteiger charge is -2.17. The van der Waals surface area contributed by atoms with Crippen LogP contribution in [0.5, 0.6) is 0 Å². The molecule has 2 aromatic rings. The Hall–Kier alpha value is -2.43. The second-order valence-corrected chi connectivity index (χ2v) is 5.74. The fraction of sp³-hybridized carbons (Fsp3) is 0.250. The minimum atomic E-state index is -0.468. The van der Waals surface area contributed by atoms with Gasteiger partial charge in [-0.3, -0.25) is 4.79 Å². The number of pyridine rings is 1. The zero-order valence-corrected chi connectivity index (χ0v) is 12.3. The molecule has 0 fully saturated rings. The van der Waals surface area contributed by atoms with Crippen LogP contribution in [0.15, 0.2) is 42.6 Å². The Morgan fingerprint density at radius 2 is 1.86 bits per heavy atom. The Kier molecular flexibility index (Phi) is 4.21. The van der Waals surface area contributed by atoms with E-state index in [0.29, 0.717) is 17.2 Å². The predicted molar refractivity (Wildman–Crippen MR) is 82.0 cm³/mol. The summed E-state index contributed by atoms with van der Waals surface area (Å²) in [6.45, 7) is 5.51. The number of amides is 1. The van der Waals surface area contributed by atoms with Crippen LogP contribution in [0.4, 0.5) is 21.6 Å². The molecule has 0 aliphatic rings. The van der Waals surface area contributed by atoms with Crippen molar-refractivity contribution in [2.75, 3.05) is 10.6 Å². The van der Waals surface area contributed by atoms with Gasteiger partial charge in [0, 0.05) is 5.41 Å². The van der Waals surface area contributed by atoms with Gasteiger partial charge in [0.05, 0.1) is 17.6 Å². The second-order valence-electron chi connectivity index (χ2n) is 5.74. The summed E-state index contributed by atoms with van der Waals surface area (Å²) in [5, 5.41) is 5.67. The van der Waals surface area contributed by atoms with E-state index in [1.807, 2.05) is 20.8 Å². The Morgan fingerprint density at radius 1 is 1.14 bits per heavy atom. The lowest BCUT2D eigenvalue weighted by atomic mass is 9.96. The number of carbonyl (C=O) groups excluding carboxylic acids is 1. The molecule has 0 aliphatic carbocycles. The number of benzene rings is 1. The molecular formula is C16H18FN3O. The second kappa shape index (κ2) is 5.91. The molecule has 21 heavy (non-hydrogen) atoms. The molecule has 1 aromatic carbocycles. The van der Waals surface area contributed by atoms with Crippen molar-refractivity contribution in [3.8, 4) is 0 Å². The van der Waals surface area contributed by atoms with E-state index in [2.05, 4.69) is 15.6 Å². The molecule has 4 nitrogen and oxygen atoms in total. The number of nitrogens with zero attached hydrogens (tertiary/aromatic N) is 1. The first-order chi connectivity index (χ1) is 9.86. The number of rotatable bonds is 3. The van der Waals surface area contributed by atoms with Gasteiger partial charge in [-0.05, 0) is 24.3 Å². The van der Waals surface area contributed by atoms with Crippen molar-refractivity contribution < 1.29 is 9.18 Å². The number of carbonyl (C=O) groups is 1. The van der Waals surface area contributed by atoms with Crippen LogP contribution >= 0.6 is 0 Å². The van der Waals surface area contributed by atoms with E-state index in [9.17, 15) is 9.18 Å². The number of aromatic nitrogens is 1. The summed E-state index contributed by atoms with van der Waals surface area (Å²) >= 11 is 0. The van der Waals surface area contributed by atoms with Crippen molar-refractivity contribution in [1.29, 1.82) is 0 Å². The summed E-state index contributed by atoms with van der Waals surface area (Å²) in [7, 11) is 0. The summed E-state index contributed by atoms with van der Waals surface area (Å²) in [6.07, 6.45) is 1.53. The van der Waals surface area contributed by atoms with Gasteiger partial charge in [-0.1, -0.05) is 32.9 Å². The van der Waals surface area contributed by atoms with Crippen LogP contribution in [0.25, 0.3) is 0 Å². The fourth-order valence-corrected chi connectivity index (χ4v) is 1.56. The topological polar surface area (TPSA) is 54.0 Å². The lowest BCUT2D eigenvalue weighted by molar-refractivity contribution is -0.123. The lowest BCUT2D eigenvalue weighted by Crippen LogP contribution is -2.27. The maximum absolute atomic E-state index is 13.5. The SMILES string of the molecule is CC(C)(C)C(=O)Nc1ccc(Nc2ccccc2F)nc1. The van der Waals surface area contributed by atoms with Crippen LogP contribution in [0.1, 0.15) is 20.8 Å². The number of hydrogen-bond acceptors (Lipinski definition) is 3. The third-order valence-electron chi connectivity index (χ3n) is 2.84. The van der Waals surface area contributed by atoms with Crippen LogP contribution in [-0.4, -0.2) is 10.9 Å². The van der Waals surface area contributed by atoms with Crippen molar-refractivity contribution in [3.63, 3.8) is 0 Å². The van der Waals surface area contributed by atoms with Crippen molar-refractivity contribution in [3.05, 3.63) is 48.4 Å². The van der Waals surface area contributed by atoms with Gasteiger partial charge in [0.1, 0.15) is 11.6 Å². The van der Waals surface area contributed by atoms with E-state index < -0.39 is 5.41 Å². The van der Waals surface area contributed by atoms with Gasteiger partial charge in [0.15, 0.2) is 0 Å². The van der Waals surface area contributed by atoms with E-state index >= 15 is 0 Å². The fourth-order valence-electron chi connectivity index (χ4n) is 1.56. The first-order valence-corrected chi connectivity index (χ1v) is 6.65. The summed E-state index contributed by atoms with van der Waals surface area (Å²) in [6, 6.07) is 9.78. The molecule has 0 aliphatic heterocycles. The van der Waals surface area contributed by atoms with E-state index in [4.69, 9.17) is 0 Å². The summed E-state index contributed by atoms with van der Waals surface area (Å²) in [5.74, 6) is 0.0809. The van der Waals surface area contributed by atoms with Crippen LogP contribution < -0.4 is 10.6 Å². The number of para-hydroxylation sites is 1. The standard InChI is InChI=1S/C16H18FN3O/c1-16(2,3)15(21)19-11-8-9-14(18-10-11)20-13-7-5-4-6-12(13)17/h4-10H,1-3H3,(H,18,20)(H,19,21). The van der Waals surface area contributed by atoms with Crippen molar-refractivity contribution >= 4 is 23.1 Å². The molecule has 0 bridgehead atoms. The van der Waals surface area contributed by atoms with Crippen LogP contribution in [-0.2, 0) is 4.79 Å². The summed E-state index contributed by atoms with van der Waals surface area (Å²) in [4.78, 5) is 16.0. The predicted octanol–water partition coefficient (Wildman–Crippen LogP) is 3.95. The van der Waals surface area contributed by atoms with Gasteiger partial charge in [-0.15, -0.1) is 0 Å². The Bertz CT molecular complexity index is 633. The third kappa shape index (κ3) is 4.02. The molecule has 0 unspecified atom stereocenters. The van der Waals surface area contributed by atoms with E-state index in [0.717, 1.165) is 0 Å². The van der Waals surface area contributed by atoms with Crippen molar-refractivity contribution in [1.82, 2.24) is 4.98 Å². The van der Waals surface area contributed by atoms with E-state index in [-0.39, 0.29) is 11.7 Å². The molecule has 1 aromatic heterocycles. The highest BCUT2D eigenvalue weighted by molar-refractivity contribution is 5.94. The highest BCUT2D eigenvalue weighted by Gasteiger charge is 2.21. The maximum atomic E-state index is 13.5. The Morgan fingerprint density at radius 3 is 2.43 bits per heavy atom. The maximum Gasteiger partial charge on any atom is 0.229 e. The largest absolute Gasteiger partial charge is 0.338 e. The molecule has 0 atom stereocenters. The Labute approximate surface area is 123 Å². The molecule has 0 spiro atoms. The van der Waals surface area contributed by atoms with Crippen LogP contribution in [0.2, 0.25) is 0 Å². The van der Waals surface area contributed by atoms with E-state index in [1.54, 1.807) is 30.3 Å². The molecular weight excluding hydrogens is 269 g/mol. The van der Waals surface area contributed by atoms with Gasteiger partial charge >= 0.3 is 0 Å². The van der Waals surface area contributed by atoms with E-state index in [1.165, 1.54) is 12.3 Å². The highest BCUT2D eigenvalue weighted by Crippen LogP contribution is 2.20. The van der Waals surface area contributed by atoms with Gasteiger partial charge < -0.3 is 10.6 Å². The average Bonchev–Trinajstić information content (AvgIpc) is 2.42. The highest BCUT2D eigenvalue weighted by atomic mass is 19.1. The molecule has 1 heterocycles. The number of halogens is 1. The normalized spacial score (nSPS) is 11.0. The molecule has 0 radical (unpaired) electrons. The smallest absolute Gasteiger partial charge is 0.229 e. The molecule has 1 amide bonds. The zero-order valence-electron chi connectivity index (χ0n) is 12.3. The van der Waals surface area contributed by atoms with Gasteiger partial charge in [0.25, 0.3) is 0 Å². The number of nitrogens with one attached hydrogen (secondary N) is 2. The minimum absolute atomic E-state index is 0.0842. The van der Waals surface area contributed by atoms with Crippen molar-refractivity contribution in [2.24, 2.45) is 5.41 Å². The molecule has 2 rings (SSSR count). The first kappa shape index (κ1) is 15.0. The van der Waals surface area contributed by atoms with Gasteiger partial charge in [0.2, 0.25) is 5.91 Å². The monoisotopic (exact) mass is 287 g/mol. The average molecular weight is 287 g/mol. The molecule has 0 saturated heterocycles. The van der Waals surface area contributed by atoms with Crippen LogP contribution in [0, 0.1) is 11.2 Å².